The number of carboxylic acid groups (broad SMARTS) is 3. The van der Waals surface area contributed by atoms with Crippen molar-refractivity contribution in [2.75, 3.05) is 0 Å². The molecule has 0 spiro atoms. The van der Waals surface area contributed by atoms with Crippen LogP contribution < -0.4 is 31.9 Å². The summed E-state index contributed by atoms with van der Waals surface area (Å²) < 4.78 is 0. The van der Waals surface area contributed by atoms with Gasteiger partial charge in [-0.2, -0.15) is 0 Å². The van der Waals surface area contributed by atoms with Crippen LogP contribution >= 0.6 is 11.6 Å². The summed E-state index contributed by atoms with van der Waals surface area (Å²) in [5.41, 5.74) is 0.133. The molecule has 0 saturated carbocycles. The maximum absolute atomic E-state index is 14.3. The lowest BCUT2D eigenvalue weighted by Crippen LogP contribution is -2.62. The summed E-state index contributed by atoms with van der Waals surface area (Å²) in [6, 6.07) is -2.67. The van der Waals surface area contributed by atoms with Gasteiger partial charge in [0.25, 0.3) is 0 Å². The van der Waals surface area contributed by atoms with E-state index < -0.39 is 128 Å². The molecular formula is C39H58BClN6O14. The Hall–Kier alpha value is -5.54. The molecule has 0 aromatic heterocycles. The minimum absolute atomic E-state index is 0.0344. The fourth-order valence-electron chi connectivity index (χ4n) is 5.72. The number of carbonyl (C=O) groups is 9. The van der Waals surface area contributed by atoms with Crippen LogP contribution in [0.3, 0.4) is 0 Å². The highest BCUT2D eigenvalue weighted by Gasteiger charge is 2.38. The molecule has 338 valence electrons. The Morgan fingerprint density at radius 3 is 1.84 bits per heavy atom. The largest absolute Gasteiger partial charge is 0.481 e. The molecule has 5 atom stereocenters. The Morgan fingerprint density at radius 2 is 1.30 bits per heavy atom. The normalized spacial score (nSPS) is 13.8. The topological polar surface area (TPSA) is 327 Å². The van der Waals surface area contributed by atoms with Crippen molar-refractivity contribution in [2.45, 2.75) is 129 Å². The molecule has 1 aromatic rings. The van der Waals surface area contributed by atoms with E-state index in [-0.39, 0.29) is 31.5 Å². The minimum atomic E-state index is -1.81. The van der Waals surface area contributed by atoms with Gasteiger partial charge in [-0.3, -0.25) is 43.2 Å². The fraction of sp³-hybridized carbons (Fsp3) is 0.564. The fourth-order valence-corrected chi connectivity index (χ4v) is 5.94. The van der Waals surface area contributed by atoms with Crippen molar-refractivity contribution >= 4 is 72.1 Å². The van der Waals surface area contributed by atoms with Gasteiger partial charge in [0, 0.05) is 24.3 Å². The Balaban J connectivity index is 3.54. The third-order valence-corrected chi connectivity index (χ3v) is 9.16. The lowest BCUT2D eigenvalue weighted by Gasteiger charge is -2.33. The molecule has 0 radical (unpaired) electrons. The molecule has 0 fully saturated rings. The van der Waals surface area contributed by atoms with Gasteiger partial charge in [-0.25, -0.2) is 0 Å². The highest BCUT2D eigenvalue weighted by molar-refractivity contribution is 6.40. The van der Waals surface area contributed by atoms with Crippen molar-refractivity contribution in [2.24, 2.45) is 11.3 Å². The molecule has 6 amide bonds. The van der Waals surface area contributed by atoms with E-state index in [1.807, 2.05) is 13.8 Å². The molecule has 0 aliphatic rings. The zero-order valence-electron chi connectivity index (χ0n) is 35.1. The van der Waals surface area contributed by atoms with Crippen LogP contribution in [0.15, 0.2) is 30.5 Å². The molecule has 0 unspecified atom stereocenters. The van der Waals surface area contributed by atoms with Gasteiger partial charge >= 0.3 is 25.0 Å². The number of carbonyl (C=O) groups excluding carboxylic acids is 6. The van der Waals surface area contributed by atoms with Crippen LogP contribution in [-0.2, 0) is 49.6 Å². The highest BCUT2D eigenvalue weighted by Crippen LogP contribution is 2.22. The summed E-state index contributed by atoms with van der Waals surface area (Å²) in [6.45, 7) is 10.3. The number of amides is 6. The van der Waals surface area contributed by atoms with Crippen LogP contribution in [0.5, 0.6) is 0 Å². The molecule has 61 heavy (non-hydrogen) atoms. The summed E-state index contributed by atoms with van der Waals surface area (Å²) in [6.07, 6.45) is -0.358. The molecule has 0 aliphatic heterocycles. The maximum atomic E-state index is 14.3. The van der Waals surface area contributed by atoms with E-state index in [9.17, 15) is 53.4 Å². The maximum Gasteiger partial charge on any atom is 0.451 e. The van der Waals surface area contributed by atoms with Crippen molar-refractivity contribution < 1.29 is 68.5 Å². The van der Waals surface area contributed by atoms with Crippen LogP contribution in [0.2, 0.25) is 11.3 Å². The van der Waals surface area contributed by atoms with E-state index in [0.29, 0.717) is 16.1 Å². The zero-order chi connectivity index (χ0) is 46.6. The molecule has 0 heterocycles. The lowest BCUT2D eigenvalue weighted by atomic mass is 9.85. The average molecular weight is 881 g/mol. The van der Waals surface area contributed by atoms with Gasteiger partial charge < -0.3 is 57.3 Å². The molecule has 0 bridgehead atoms. The second kappa shape index (κ2) is 25.9. The molecule has 0 saturated heterocycles. The van der Waals surface area contributed by atoms with Crippen molar-refractivity contribution in [3.8, 4) is 0 Å². The molecule has 1 rings (SSSR count). The van der Waals surface area contributed by atoms with Gasteiger partial charge in [-0.05, 0) is 73.3 Å². The Morgan fingerprint density at radius 1 is 0.721 bits per heavy atom. The van der Waals surface area contributed by atoms with Crippen LogP contribution in [0.25, 0.3) is 0 Å². The van der Waals surface area contributed by atoms with Crippen LogP contribution in [-0.4, -0.2) is 116 Å². The summed E-state index contributed by atoms with van der Waals surface area (Å²) >= 11 is 6.15. The SMILES string of the molecule is Cc1cc(Cl)ccc1C[C@H](NC(=O)[C@H](CCC(=O)O)NC(=O)[C@H](CC(=O)O)NC(=O)CCC(=O)O)C(=O)N[C@H](C(=O)N[C@@H](CC(C)C)C(=O)NC=CCCB(O)O)C(C)(C)C. The molecule has 22 heteroatoms. The smallest absolute Gasteiger partial charge is 0.451 e. The molecule has 11 N–H and O–H groups in total. The van der Waals surface area contributed by atoms with E-state index in [4.69, 9.17) is 26.8 Å². The molecule has 20 nitrogen and oxygen atoms in total. The molecule has 0 aliphatic carbocycles. The number of aryl methyl sites for hydroxylation is 1. The highest BCUT2D eigenvalue weighted by atomic mass is 35.5. The number of aliphatic carboxylic acids is 3. The van der Waals surface area contributed by atoms with Crippen LogP contribution in [0, 0.1) is 18.3 Å². The summed E-state index contributed by atoms with van der Waals surface area (Å²) in [5.74, 6) is -9.81. The van der Waals surface area contributed by atoms with Crippen molar-refractivity contribution in [1.82, 2.24) is 31.9 Å². The van der Waals surface area contributed by atoms with Gasteiger partial charge in [0.05, 0.1) is 12.8 Å². The van der Waals surface area contributed by atoms with Gasteiger partial charge in [0.1, 0.15) is 30.2 Å². The number of rotatable bonds is 26. The first kappa shape index (κ1) is 53.5. The molecular weight excluding hydrogens is 823 g/mol. The van der Waals surface area contributed by atoms with E-state index in [2.05, 4.69) is 31.9 Å². The minimum Gasteiger partial charge on any atom is -0.481 e. The summed E-state index contributed by atoms with van der Waals surface area (Å²) in [4.78, 5) is 115. The van der Waals surface area contributed by atoms with Crippen molar-refractivity contribution in [3.05, 3.63) is 46.6 Å². The number of nitrogens with one attached hydrogen (secondary N) is 6. The lowest BCUT2D eigenvalue weighted by molar-refractivity contribution is -0.142. The van der Waals surface area contributed by atoms with E-state index >= 15 is 0 Å². The van der Waals surface area contributed by atoms with Crippen LogP contribution in [0.4, 0.5) is 0 Å². The molecule has 1 aromatic carbocycles. The number of benzene rings is 1. The van der Waals surface area contributed by atoms with Gasteiger partial charge in [-0.15, -0.1) is 0 Å². The second-order valence-electron chi connectivity index (χ2n) is 15.9. The predicted molar refractivity (Wildman–Crippen MR) is 221 cm³/mol. The second-order valence-corrected chi connectivity index (χ2v) is 16.3. The van der Waals surface area contributed by atoms with E-state index in [1.54, 1.807) is 45.9 Å². The number of hydrogen-bond donors (Lipinski definition) is 11. The van der Waals surface area contributed by atoms with Gasteiger partial charge in [0.15, 0.2) is 0 Å². The summed E-state index contributed by atoms with van der Waals surface area (Å²) in [5, 5.41) is 61.0. The zero-order valence-corrected chi connectivity index (χ0v) is 35.8. The Bertz CT molecular complexity index is 1770. The first-order chi connectivity index (χ1) is 28.3. The Kier molecular flexibility index (Phi) is 22.7. The first-order valence-corrected chi connectivity index (χ1v) is 19.9. The Labute approximate surface area is 359 Å². The van der Waals surface area contributed by atoms with Gasteiger partial charge in [-0.1, -0.05) is 58.4 Å². The predicted octanol–water partition coefficient (Wildman–Crippen LogP) is 0.404. The van der Waals surface area contributed by atoms with Crippen LogP contribution in [0.1, 0.15) is 90.7 Å². The standard InChI is InChI=1S/C39H58BClN6O14/c1-21(2)17-26(34(55)42-16-8-7-15-40(60)61)46-38(59)33(39(4,5)6)47-37(58)27(19-23-9-10-24(41)18-22(23)3)45-35(56)25(11-13-30(49)50)44-36(57)28(20-32(53)54)43-29(48)12-14-31(51)52/h8-10,16,18,21,25-28,33,60-61H,7,11-15,17,19-20H2,1-6H3,(H,42,55)(H,43,48)(H,44,57)(H,45,56)(H,46,59)(H,47,58)(H,49,50)(H,51,52)(H,53,54)/t25-,26-,27-,28-,33+/m0/s1. The number of carboxylic acids is 3. The number of halogens is 1. The first-order valence-electron chi connectivity index (χ1n) is 19.5. The van der Waals surface area contributed by atoms with Crippen molar-refractivity contribution in [3.63, 3.8) is 0 Å². The number of hydrogen-bond acceptors (Lipinski definition) is 11. The number of allylic oxidation sites excluding steroid dienone is 1. The van der Waals surface area contributed by atoms with Gasteiger partial charge in [0.2, 0.25) is 35.4 Å². The summed E-state index contributed by atoms with van der Waals surface area (Å²) in [7, 11) is -1.52. The van der Waals surface area contributed by atoms with Crippen molar-refractivity contribution in [1.29, 1.82) is 0 Å². The average Bonchev–Trinajstić information content (AvgIpc) is 3.13. The van der Waals surface area contributed by atoms with E-state index in [0.717, 1.165) is 0 Å². The third-order valence-electron chi connectivity index (χ3n) is 8.93. The monoisotopic (exact) mass is 880 g/mol. The third kappa shape index (κ3) is 21.5. The van der Waals surface area contributed by atoms with E-state index in [1.165, 1.54) is 12.3 Å². The quantitative estimate of drug-likeness (QED) is 0.0562.